The van der Waals surface area contributed by atoms with E-state index in [0.29, 0.717) is 35.5 Å². The maximum atomic E-state index is 13.8. The predicted octanol–water partition coefficient (Wildman–Crippen LogP) is 3.91. The molecule has 1 saturated carbocycles. The van der Waals surface area contributed by atoms with Gasteiger partial charge in [-0.15, -0.1) is 0 Å². The number of ether oxygens (including phenoxy) is 1. The molecule has 9 nitrogen and oxygen atoms in total. The molecule has 2 N–H and O–H groups in total. The summed E-state index contributed by atoms with van der Waals surface area (Å²) in [6.45, 7) is -1.30. The Morgan fingerprint density at radius 3 is 2.69 bits per heavy atom. The SMILES string of the molecule is NC(=O)c1ccc(-c2cnn(-c3cn(C4CC(OCC(F)(F)F)C4)nc3-c3cccc(F)n3)c2)o1. The van der Waals surface area contributed by atoms with Crippen molar-refractivity contribution in [2.75, 3.05) is 6.61 Å². The molecule has 0 unspecified atom stereocenters. The molecule has 182 valence electrons. The number of alkyl halides is 3. The minimum atomic E-state index is -4.38. The van der Waals surface area contributed by atoms with E-state index < -0.39 is 30.7 Å². The van der Waals surface area contributed by atoms with E-state index in [0.717, 1.165) is 0 Å². The Morgan fingerprint density at radius 2 is 2.00 bits per heavy atom. The van der Waals surface area contributed by atoms with Crippen molar-refractivity contribution in [3.05, 3.63) is 60.6 Å². The van der Waals surface area contributed by atoms with E-state index in [9.17, 15) is 22.4 Å². The largest absolute Gasteiger partial charge is 0.451 e. The number of amides is 1. The average Bonchev–Trinajstić information content (AvgIpc) is 3.50. The van der Waals surface area contributed by atoms with Gasteiger partial charge in [-0.05, 0) is 37.1 Å². The smallest absolute Gasteiger partial charge is 0.411 e. The van der Waals surface area contributed by atoms with Gasteiger partial charge in [0.1, 0.15) is 23.7 Å². The van der Waals surface area contributed by atoms with Gasteiger partial charge in [0, 0.05) is 6.20 Å². The molecule has 35 heavy (non-hydrogen) atoms. The van der Waals surface area contributed by atoms with Crippen LogP contribution in [0.1, 0.15) is 29.4 Å². The summed E-state index contributed by atoms with van der Waals surface area (Å²) in [5.41, 5.74) is 6.84. The molecule has 1 fully saturated rings. The van der Waals surface area contributed by atoms with Crippen molar-refractivity contribution in [3.63, 3.8) is 0 Å². The lowest BCUT2D eigenvalue weighted by Crippen LogP contribution is -2.36. The monoisotopic (exact) mass is 490 g/mol. The van der Waals surface area contributed by atoms with Crippen molar-refractivity contribution in [2.24, 2.45) is 5.73 Å². The van der Waals surface area contributed by atoms with Gasteiger partial charge in [0.2, 0.25) is 5.95 Å². The molecule has 0 aromatic carbocycles. The number of carbonyl (C=O) groups is 1. The van der Waals surface area contributed by atoms with Gasteiger partial charge in [0.05, 0.1) is 35.8 Å². The number of halogens is 4. The highest BCUT2D eigenvalue weighted by molar-refractivity contribution is 5.90. The van der Waals surface area contributed by atoms with Gasteiger partial charge < -0.3 is 14.9 Å². The topological polar surface area (TPSA) is 114 Å². The van der Waals surface area contributed by atoms with Crippen LogP contribution in [0.4, 0.5) is 17.6 Å². The van der Waals surface area contributed by atoms with Crippen LogP contribution in [0, 0.1) is 5.95 Å². The van der Waals surface area contributed by atoms with E-state index in [2.05, 4.69) is 15.2 Å². The van der Waals surface area contributed by atoms with Gasteiger partial charge >= 0.3 is 6.18 Å². The van der Waals surface area contributed by atoms with Crippen LogP contribution in [0.2, 0.25) is 0 Å². The van der Waals surface area contributed by atoms with Crippen molar-refractivity contribution < 1.29 is 31.5 Å². The van der Waals surface area contributed by atoms with E-state index in [1.807, 2.05) is 0 Å². The quantitative estimate of drug-likeness (QED) is 0.310. The third kappa shape index (κ3) is 4.80. The van der Waals surface area contributed by atoms with Crippen LogP contribution in [0.3, 0.4) is 0 Å². The molecular formula is C22H18F4N6O3. The maximum absolute atomic E-state index is 13.8. The molecular weight excluding hydrogens is 472 g/mol. The number of carbonyl (C=O) groups excluding carboxylic acids is 1. The highest BCUT2D eigenvalue weighted by atomic mass is 19.4. The van der Waals surface area contributed by atoms with Crippen LogP contribution < -0.4 is 5.73 Å². The zero-order chi connectivity index (χ0) is 24.7. The van der Waals surface area contributed by atoms with Crippen molar-refractivity contribution in [2.45, 2.75) is 31.2 Å². The predicted molar refractivity (Wildman–Crippen MR) is 113 cm³/mol. The average molecular weight is 490 g/mol. The zero-order valence-electron chi connectivity index (χ0n) is 17.9. The highest BCUT2D eigenvalue weighted by Crippen LogP contribution is 2.37. The first kappa shape index (κ1) is 22.8. The lowest BCUT2D eigenvalue weighted by atomic mass is 9.89. The number of furan rings is 1. The molecule has 13 heteroatoms. The molecule has 4 heterocycles. The Labute approximate surface area is 195 Å². The first-order chi connectivity index (χ1) is 16.7. The third-order valence-electron chi connectivity index (χ3n) is 5.56. The number of rotatable bonds is 7. The summed E-state index contributed by atoms with van der Waals surface area (Å²) >= 11 is 0. The van der Waals surface area contributed by atoms with E-state index >= 15 is 0 Å². The Balaban J connectivity index is 1.43. The lowest BCUT2D eigenvalue weighted by molar-refractivity contribution is -0.196. The highest BCUT2D eigenvalue weighted by Gasteiger charge is 2.37. The van der Waals surface area contributed by atoms with Gasteiger partial charge in [-0.3, -0.25) is 9.48 Å². The maximum Gasteiger partial charge on any atom is 0.411 e. The first-order valence-corrected chi connectivity index (χ1v) is 10.5. The second-order valence-corrected chi connectivity index (χ2v) is 8.06. The standard InChI is InChI=1S/C22H18F4N6O3/c23-19-3-1-2-15(29-19)20-16(10-31(30-20)13-6-14(7-13)34-11-22(24,25)26)32-9-12(8-28-32)17-4-5-18(35-17)21(27)33/h1-5,8-10,13-14H,6-7,11H2,(H2,27,33). The fraction of sp³-hybridized carbons (Fsp3) is 0.273. The van der Waals surface area contributed by atoms with E-state index in [1.54, 1.807) is 29.2 Å². The van der Waals surface area contributed by atoms with Gasteiger partial charge in [0.25, 0.3) is 5.91 Å². The second-order valence-electron chi connectivity index (χ2n) is 8.06. The van der Waals surface area contributed by atoms with Crippen molar-refractivity contribution >= 4 is 5.91 Å². The van der Waals surface area contributed by atoms with Gasteiger partial charge in [-0.25, -0.2) is 9.67 Å². The van der Waals surface area contributed by atoms with E-state index in [1.165, 1.54) is 29.1 Å². The van der Waals surface area contributed by atoms with E-state index in [4.69, 9.17) is 14.9 Å². The number of pyridine rings is 1. The van der Waals surface area contributed by atoms with Crippen LogP contribution in [-0.2, 0) is 4.74 Å². The molecule has 5 rings (SSSR count). The van der Waals surface area contributed by atoms with Crippen molar-refractivity contribution in [1.82, 2.24) is 24.5 Å². The fourth-order valence-electron chi connectivity index (χ4n) is 3.77. The zero-order valence-corrected chi connectivity index (χ0v) is 17.9. The molecule has 1 aliphatic rings. The molecule has 4 aromatic rings. The minimum absolute atomic E-state index is 0.00232. The number of primary amides is 1. The second kappa shape index (κ2) is 8.65. The molecule has 0 bridgehead atoms. The molecule has 0 saturated heterocycles. The number of nitrogens with two attached hydrogens (primary N) is 1. The molecule has 1 amide bonds. The third-order valence-corrected chi connectivity index (χ3v) is 5.56. The first-order valence-electron chi connectivity index (χ1n) is 10.5. The Kier molecular flexibility index (Phi) is 5.63. The molecule has 1 aliphatic carbocycles. The lowest BCUT2D eigenvalue weighted by Gasteiger charge is -2.35. The van der Waals surface area contributed by atoms with Crippen LogP contribution >= 0.6 is 0 Å². The van der Waals surface area contributed by atoms with Gasteiger partial charge in [0.15, 0.2) is 5.76 Å². The Morgan fingerprint density at radius 1 is 1.20 bits per heavy atom. The summed E-state index contributed by atoms with van der Waals surface area (Å²) in [4.78, 5) is 15.2. The summed E-state index contributed by atoms with van der Waals surface area (Å²) in [7, 11) is 0. The van der Waals surface area contributed by atoms with Crippen LogP contribution in [0.5, 0.6) is 0 Å². The molecule has 0 atom stereocenters. The molecule has 4 aromatic heterocycles. The van der Waals surface area contributed by atoms with Crippen LogP contribution in [-0.4, -0.2) is 49.3 Å². The summed E-state index contributed by atoms with van der Waals surface area (Å²) in [5, 5.41) is 8.87. The van der Waals surface area contributed by atoms with E-state index in [-0.39, 0.29) is 17.5 Å². The van der Waals surface area contributed by atoms with Gasteiger partial charge in [-0.2, -0.15) is 27.8 Å². The molecule has 0 spiro atoms. The van der Waals surface area contributed by atoms with Gasteiger partial charge in [-0.1, -0.05) is 6.07 Å². The van der Waals surface area contributed by atoms with Crippen LogP contribution in [0.25, 0.3) is 28.4 Å². The summed E-state index contributed by atoms with van der Waals surface area (Å²) in [5.74, 6) is -1.03. The number of nitrogens with zero attached hydrogens (tertiary/aromatic N) is 5. The number of hydrogen-bond donors (Lipinski definition) is 1. The van der Waals surface area contributed by atoms with Crippen LogP contribution in [0.15, 0.2) is 53.3 Å². The van der Waals surface area contributed by atoms with Crippen molar-refractivity contribution in [1.29, 1.82) is 0 Å². The fourth-order valence-corrected chi connectivity index (χ4v) is 3.77. The summed E-state index contributed by atoms with van der Waals surface area (Å²) in [6, 6.07) is 7.11. The number of hydrogen-bond acceptors (Lipinski definition) is 6. The Bertz CT molecular complexity index is 1370. The van der Waals surface area contributed by atoms with Crippen molar-refractivity contribution in [3.8, 4) is 28.4 Å². The minimum Gasteiger partial charge on any atom is -0.451 e. The normalized spacial score (nSPS) is 17.9. The summed E-state index contributed by atoms with van der Waals surface area (Å²) in [6.07, 6.45) is 0.585. The Hall–Kier alpha value is -4.00. The summed E-state index contributed by atoms with van der Waals surface area (Å²) < 4.78 is 64.5. The molecule has 0 aliphatic heterocycles. The number of aromatic nitrogens is 5. The molecule has 0 radical (unpaired) electrons.